The van der Waals surface area contributed by atoms with Gasteiger partial charge in [-0.25, -0.2) is 4.68 Å². The normalized spacial score (nSPS) is 13.9. The van der Waals surface area contributed by atoms with Crippen LogP contribution in [0.1, 0.15) is 22.7 Å². The fourth-order valence-corrected chi connectivity index (χ4v) is 4.82. The number of furan rings is 1. The zero-order valence-electron chi connectivity index (χ0n) is 20.8. The number of fused-ring (bicyclic) bond motifs is 3. The summed E-state index contributed by atoms with van der Waals surface area (Å²) in [5, 5.41) is 13.1. The van der Waals surface area contributed by atoms with Gasteiger partial charge in [0.15, 0.2) is 28.8 Å². The van der Waals surface area contributed by atoms with Crippen molar-refractivity contribution in [2.75, 3.05) is 20.0 Å². The Bertz CT molecular complexity index is 1700. The second-order valence-corrected chi connectivity index (χ2v) is 9.37. The highest BCUT2D eigenvalue weighted by Gasteiger charge is 2.20. The van der Waals surface area contributed by atoms with Crippen molar-refractivity contribution >= 4 is 10.9 Å². The van der Waals surface area contributed by atoms with Crippen LogP contribution < -0.4 is 24.5 Å². The lowest BCUT2D eigenvalue weighted by molar-refractivity contribution is 0.172. The Morgan fingerprint density at radius 1 is 0.897 bits per heavy atom. The lowest BCUT2D eigenvalue weighted by Crippen LogP contribution is -2.28. The van der Waals surface area contributed by atoms with Gasteiger partial charge in [0.1, 0.15) is 25.5 Å². The van der Waals surface area contributed by atoms with E-state index in [4.69, 9.17) is 23.4 Å². The highest BCUT2D eigenvalue weighted by atomic mass is 16.7. The van der Waals surface area contributed by atoms with Crippen LogP contribution in [0, 0.1) is 0 Å². The van der Waals surface area contributed by atoms with Gasteiger partial charge in [-0.2, -0.15) is 0 Å². The van der Waals surface area contributed by atoms with E-state index in [0.717, 1.165) is 16.7 Å². The second-order valence-electron chi connectivity index (χ2n) is 9.37. The summed E-state index contributed by atoms with van der Waals surface area (Å²) >= 11 is 0. The van der Waals surface area contributed by atoms with Crippen LogP contribution in [-0.2, 0) is 26.2 Å². The first-order valence-corrected chi connectivity index (χ1v) is 12.5. The molecule has 0 atom stereocenters. The number of rotatable bonds is 8. The van der Waals surface area contributed by atoms with E-state index in [1.165, 1.54) is 0 Å². The van der Waals surface area contributed by atoms with Gasteiger partial charge in [0.2, 0.25) is 6.79 Å². The molecule has 0 saturated heterocycles. The average molecular weight is 529 g/mol. The van der Waals surface area contributed by atoms with Gasteiger partial charge in [0.25, 0.3) is 5.56 Å². The van der Waals surface area contributed by atoms with Crippen molar-refractivity contribution in [3.05, 3.63) is 87.9 Å². The molecule has 0 unspecified atom stereocenters. The molecule has 0 bridgehead atoms. The molecule has 7 rings (SSSR count). The molecule has 2 aromatic carbocycles. The SMILES string of the molecule is O=c1[nH]c2cc3c(cc2cc1CN(Cc1ccc2c(c1)OCO2)Cc1nnnn1Cc1ccco1)OCCO3. The zero-order valence-corrected chi connectivity index (χ0v) is 20.8. The van der Waals surface area contributed by atoms with Crippen LogP contribution in [-0.4, -0.2) is 50.1 Å². The minimum atomic E-state index is -0.176. The van der Waals surface area contributed by atoms with Crippen molar-refractivity contribution in [2.24, 2.45) is 0 Å². The second kappa shape index (κ2) is 9.80. The van der Waals surface area contributed by atoms with Crippen LogP contribution in [0.3, 0.4) is 0 Å². The lowest BCUT2D eigenvalue weighted by Gasteiger charge is -2.22. The molecular weight excluding hydrogens is 504 g/mol. The summed E-state index contributed by atoms with van der Waals surface area (Å²) in [4.78, 5) is 18.3. The summed E-state index contributed by atoms with van der Waals surface area (Å²) in [6.07, 6.45) is 1.62. The number of benzene rings is 2. The molecule has 39 heavy (non-hydrogen) atoms. The summed E-state index contributed by atoms with van der Waals surface area (Å²) in [6, 6.07) is 15.1. The van der Waals surface area contributed by atoms with Crippen LogP contribution in [0.4, 0.5) is 0 Å². The van der Waals surface area contributed by atoms with E-state index >= 15 is 0 Å². The number of aromatic amines is 1. The number of aromatic nitrogens is 5. The predicted molar refractivity (Wildman–Crippen MR) is 137 cm³/mol. The van der Waals surface area contributed by atoms with Crippen LogP contribution in [0.2, 0.25) is 0 Å². The standard InChI is InChI=1S/C27H24N6O6/c34-27-19(9-18-10-24-25(11-21(18)28-27)37-7-6-36-24)13-32(12-17-3-4-22-23(8-17)39-16-38-22)15-26-29-30-31-33(26)14-20-2-1-5-35-20/h1-5,8-11H,6-7,12-16H2,(H,28,34). The van der Waals surface area contributed by atoms with E-state index in [-0.39, 0.29) is 12.4 Å². The molecule has 5 aromatic rings. The molecule has 5 heterocycles. The highest BCUT2D eigenvalue weighted by molar-refractivity contribution is 5.83. The van der Waals surface area contributed by atoms with Crippen molar-refractivity contribution in [1.82, 2.24) is 30.1 Å². The summed E-state index contributed by atoms with van der Waals surface area (Å²) in [6.45, 7) is 2.83. The Kier molecular flexibility index (Phi) is 5.85. The fourth-order valence-electron chi connectivity index (χ4n) is 4.82. The number of tetrazole rings is 1. The topological polar surface area (TPSA) is 130 Å². The Labute approximate surface area is 221 Å². The van der Waals surface area contributed by atoms with Gasteiger partial charge < -0.3 is 28.3 Å². The first-order valence-electron chi connectivity index (χ1n) is 12.5. The van der Waals surface area contributed by atoms with E-state index in [2.05, 4.69) is 25.4 Å². The Morgan fingerprint density at radius 3 is 2.62 bits per heavy atom. The summed E-state index contributed by atoms with van der Waals surface area (Å²) in [7, 11) is 0. The maximum absolute atomic E-state index is 13.2. The highest BCUT2D eigenvalue weighted by Crippen LogP contribution is 2.34. The van der Waals surface area contributed by atoms with Crippen LogP contribution in [0.25, 0.3) is 10.9 Å². The Hall–Kier alpha value is -4.84. The molecule has 12 nitrogen and oxygen atoms in total. The molecule has 1 N–H and O–H groups in total. The van der Waals surface area contributed by atoms with Gasteiger partial charge in [-0.15, -0.1) is 5.10 Å². The van der Waals surface area contributed by atoms with Crippen LogP contribution >= 0.6 is 0 Å². The molecule has 198 valence electrons. The maximum atomic E-state index is 13.2. The number of ether oxygens (including phenoxy) is 4. The van der Waals surface area contributed by atoms with Gasteiger partial charge in [-0.3, -0.25) is 9.69 Å². The molecule has 0 spiro atoms. The first-order chi connectivity index (χ1) is 19.2. The van der Waals surface area contributed by atoms with Crippen LogP contribution in [0.15, 0.2) is 64.0 Å². The van der Waals surface area contributed by atoms with Crippen molar-refractivity contribution in [3.63, 3.8) is 0 Å². The third-order valence-corrected chi connectivity index (χ3v) is 6.68. The third kappa shape index (κ3) is 4.77. The zero-order chi connectivity index (χ0) is 26.2. The number of hydrogen-bond acceptors (Lipinski definition) is 10. The third-order valence-electron chi connectivity index (χ3n) is 6.68. The van der Waals surface area contributed by atoms with E-state index in [9.17, 15) is 4.79 Å². The van der Waals surface area contributed by atoms with Gasteiger partial charge in [-0.1, -0.05) is 6.07 Å². The molecule has 12 heteroatoms. The largest absolute Gasteiger partial charge is 0.486 e. The fraction of sp³-hybridized carbons (Fsp3) is 0.259. The summed E-state index contributed by atoms with van der Waals surface area (Å²) < 4.78 is 29.6. The number of H-pyrrole nitrogens is 1. The molecule has 0 amide bonds. The van der Waals surface area contributed by atoms with Crippen LogP contribution in [0.5, 0.6) is 23.0 Å². The molecule has 0 radical (unpaired) electrons. The number of pyridine rings is 1. The molecular formula is C27H24N6O6. The lowest BCUT2D eigenvalue weighted by atomic mass is 10.1. The first kappa shape index (κ1) is 23.3. The Morgan fingerprint density at radius 2 is 1.74 bits per heavy atom. The van der Waals surface area contributed by atoms with Gasteiger partial charge in [0, 0.05) is 30.1 Å². The maximum Gasteiger partial charge on any atom is 0.252 e. The van der Waals surface area contributed by atoms with Crippen molar-refractivity contribution in [2.45, 2.75) is 26.2 Å². The minimum Gasteiger partial charge on any atom is -0.486 e. The quantitative estimate of drug-likeness (QED) is 0.321. The summed E-state index contributed by atoms with van der Waals surface area (Å²) in [5.41, 5.74) is 2.12. The minimum absolute atomic E-state index is 0.176. The van der Waals surface area contributed by atoms with Crippen molar-refractivity contribution in [3.8, 4) is 23.0 Å². The van der Waals surface area contributed by atoms with E-state index in [0.29, 0.717) is 79.3 Å². The van der Waals surface area contributed by atoms with Gasteiger partial charge in [-0.05, 0) is 52.4 Å². The number of hydrogen-bond donors (Lipinski definition) is 1. The number of nitrogens with one attached hydrogen (secondary N) is 1. The van der Waals surface area contributed by atoms with Gasteiger partial charge >= 0.3 is 0 Å². The van der Waals surface area contributed by atoms with Gasteiger partial charge in [0.05, 0.1) is 18.3 Å². The van der Waals surface area contributed by atoms with Crippen molar-refractivity contribution in [1.29, 1.82) is 0 Å². The van der Waals surface area contributed by atoms with E-state index in [1.54, 1.807) is 10.9 Å². The molecule has 0 saturated carbocycles. The summed E-state index contributed by atoms with van der Waals surface area (Å²) in [5.74, 6) is 4.10. The molecule has 0 fully saturated rings. The van der Waals surface area contributed by atoms with Crippen molar-refractivity contribution < 1.29 is 23.4 Å². The van der Waals surface area contributed by atoms with E-state index in [1.807, 2.05) is 48.5 Å². The smallest absolute Gasteiger partial charge is 0.252 e. The molecule has 0 aliphatic carbocycles. The van der Waals surface area contributed by atoms with E-state index < -0.39 is 0 Å². The molecule has 2 aliphatic rings. The molecule has 3 aromatic heterocycles. The predicted octanol–water partition coefficient (Wildman–Crippen LogP) is 2.86. The molecule has 2 aliphatic heterocycles. The Balaban J connectivity index is 1.20. The number of nitrogens with zero attached hydrogens (tertiary/aromatic N) is 5. The monoisotopic (exact) mass is 528 g/mol. The average Bonchev–Trinajstić information content (AvgIpc) is 3.71.